The van der Waals surface area contributed by atoms with E-state index in [1.54, 1.807) is 18.2 Å². The van der Waals surface area contributed by atoms with Gasteiger partial charge in [0.05, 0.1) is 24.9 Å². The second-order valence-corrected chi connectivity index (χ2v) is 18.3. The van der Waals surface area contributed by atoms with Gasteiger partial charge in [0.2, 0.25) is 11.8 Å². The van der Waals surface area contributed by atoms with Crippen molar-refractivity contribution < 1.29 is 38.5 Å². The Bertz CT molecular complexity index is 2070. The summed E-state index contributed by atoms with van der Waals surface area (Å²) in [5, 5.41) is 22.5. The van der Waals surface area contributed by atoms with Crippen molar-refractivity contribution in [3.05, 3.63) is 41.3 Å². The number of benzene rings is 1. The van der Waals surface area contributed by atoms with E-state index in [-0.39, 0.29) is 36.6 Å². The second-order valence-electron chi connectivity index (χ2n) is 17.1. The van der Waals surface area contributed by atoms with E-state index in [4.69, 9.17) is 35.8 Å². The Kier molecular flexibility index (Phi) is 11.1. The third-order valence-electron chi connectivity index (χ3n) is 11.8. The Morgan fingerprint density at radius 2 is 1.79 bits per heavy atom. The number of fused-ring (bicyclic) bond motifs is 3. The third-order valence-corrected chi connectivity index (χ3v) is 12.9. The van der Waals surface area contributed by atoms with Crippen LogP contribution in [-0.4, -0.2) is 93.4 Å². The molecule has 1 aromatic carbocycles. The molecular weight excluding hydrogens is 772 g/mol. The minimum atomic E-state index is -1.53. The largest absolute Gasteiger partial charge is 0.495 e. The van der Waals surface area contributed by atoms with Crippen molar-refractivity contribution in [3.63, 3.8) is 0 Å². The van der Waals surface area contributed by atoms with Gasteiger partial charge in [-0.15, -0.1) is 17.9 Å². The van der Waals surface area contributed by atoms with Gasteiger partial charge in [0.1, 0.15) is 52.0 Å². The van der Waals surface area contributed by atoms with E-state index in [9.17, 15) is 24.3 Å². The Morgan fingerprint density at radius 1 is 1.09 bits per heavy atom. The fraction of sp³-hybridized carbons (Fsp3) is 0.561. The summed E-state index contributed by atoms with van der Waals surface area (Å²) < 4.78 is 18.1. The van der Waals surface area contributed by atoms with Gasteiger partial charge in [0, 0.05) is 35.2 Å². The van der Waals surface area contributed by atoms with Crippen molar-refractivity contribution >= 4 is 62.8 Å². The van der Waals surface area contributed by atoms with Crippen LogP contribution < -0.4 is 25.4 Å². The molecule has 3 aromatic rings. The number of carboxylic acids is 1. The average molecular weight is 823 g/mol. The van der Waals surface area contributed by atoms with Crippen LogP contribution in [0.1, 0.15) is 73.1 Å². The number of carboxylic acid groups (broad SMARTS) is 1. The van der Waals surface area contributed by atoms with Crippen LogP contribution >= 0.6 is 22.9 Å². The predicted octanol–water partition coefficient (Wildman–Crippen LogP) is 6.66. The monoisotopic (exact) mass is 822 g/mol. The number of hydrogen-bond donors (Lipinski definition) is 4. The van der Waals surface area contributed by atoms with Gasteiger partial charge in [-0.2, -0.15) is 0 Å². The number of amides is 3. The lowest BCUT2D eigenvalue weighted by molar-refractivity contribution is -0.146. The van der Waals surface area contributed by atoms with E-state index in [1.807, 2.05) is 40.0 Å². The molecular formula is C41H51ClN6O8S. The van der Waals surface area contributed by atoms with E-state index in [1.165, 1.54) is 29.4 Å². The summed E-state index contributed by atoms with van der Waals surface area (Å²) in [4.78, 5) is 65.8. The maximum Gasteiger partial charge on any atom is 0.408 e. The Morgan fingerprint density at radius 3 is 2.39 bits per heavy atom. The number of ether oxygens (including phenoxy) is 3. The number of nitrogens with zero attached hydrogens (tertiary/aromatic N) is 3. The highest BCUT2D eigenvalue weighted by Crippen LogP contribution is 2.47. The summed E-state index contributed by atoms with van der Waals surface area (Å²) in [5.41, 5.74) is -0.832. The first-order chi connectivity index (χ1) is 27.0. The van der Waals surface area contributed by atoms with Crippen LogP contribution in [0.2, 0.25) is 5.02 Å². The number of methoxy groups -OCH3 is 1. The molecule has 16 heteroatoms. The van der Waals surface area contributed by atoms with Crippen molar-refractivity contribution in [2.45, 2.75) is 109 Å². The number of anilines is 1. The number of rotatable bonds is 13. The van der Waals surface area contributed by atoms with Crippen molar-refractivity contribution in [1.82, 2.24) is 25.5 Å². The zero-order valence-electron chi connectivity index (χ0n) is 33.1. The summed E-state index contributed by atoms with van der Waals surface area (Å²) in [6.07, 6.45) is 4.22. The lowest BCUT2D eigenvalue weighted by atomic mass is 9.85. The van der Waals surface area contributed by atoms with Gasteiger partial charge < -0.3 is 40.2 Å². The number of halogens is 1. The Hall–Kier alpha value is -4.63. The van der Waals surface area contributed by atoms with Crippen molar-refractivity contribution in [2.75, 3.05) is 19.0 Å². The minimum absolute atomic E-state index is 0.0287. The maximum absolute atomic E-state index is 14.7. The van der Waals surface area contributed by atoms with Crippen LogP contribution in [0.15, 0.2) is 36.2 Å². The first kappa shape index (κ1) is 40.6. The van der Waals surface area contributed by atoms with Crippen LogP contribution in [0.5, 0.6) is 11.5 Å². The smallest absolute Gasteiger partial charge is 0.408 e. The number of carbonyl (C=O) groups is 4. The molecule has 3 heterocycles. The van der Waals surface area contributed by atoms with Crippen LogP contribution in [0.3, 0.4) is 0 Å². The molecule has 4 aliphatic rings. The average Bonchev–Trinajstić information content (AvgIpc) is 3.61. The molecule has 2 aromatic heterocycles. The molecule has 1 aliphatic heterocycles. The summed E-state index contributed by atoms with van der Waals surface area (Å²) in [6.45, 7) is 13.2. The second kappa shape index (κ2) is 15.6. The van der Waals surface area contributed by atoms with E-state index < -0.39 is 58.9 Å². The number of thiazole rings is 1. The molecule has 3 amide bonds. The zero-order valence-corrected chi connectivity index (χ0v) is 34.7. The normalized spacial score (nSPS) is 26.9. The van der Waals surface area contributed by atoms with Crippen LogP contribution in [0.4, 0.5) is 9.93 Å². The Balaban J connectivity index is 1.21. The van der Waals surface area contributed by atoms with E-state index in [0.29, 0.717) is 45.6 Å². The number of hydrogen-bond acceptors (Lipinski definition) is 11. The molecule has 1 saturated heterocycles. The fourth-order valence-electron chi connectivity index (χ4n) is 8.64. The summed E-state index contributed by atoms with van der Waals surface area (Å²) in [6, 6.07) is 3.20. The van der Waals surface area contributed by atoms with Crippen LogP contribution in [-0.2, 0) is 19.1 Å². The molecule has 57 heavy (non-hydrogen) atoms. The number of pyridine rings is 1. The van der Waals surface area contributed by atoms with Gasteiger partial charge in [-0.3, -0.25) is 9.59 Å². The molecule has 2 bridgehead atoms. The highest BCUT2D eigenvalue weighted by molar-refractivity contribution is 7.14. The molecule has 306 valence electrons. The highest BCUT2D eigenvalue weighted by atomic mass is 35.5. The summed E-state index contributed by atoms with van der Waals surface area (Å²) in [7, 11) is 1.51. The van der Waals surface area contributed by atoms with Crippen molar-refractivity contribution in [2.24, 2.45) is 23.2 Å². The number of aromatic nitrogens is 2. The molecule has 7 rings (SSSR count). The minimum Gasteiger partial charge on any atom is -0.495 e. The summed E-state index contributed by atoms with van der Waals surface area (Å²) in [5.74, 6) is -1.34. The molecule has 3 aliphatic carbocycles. The Labute approximate surface area is 341 Å². The number of carbonyl (C=O) groups excluding carboxylic acids is 3. The third kappa shape index (κ3) is 7.97. The molecule has 5 atom stereocenters. The van der Waals surface area contributed by atoms with Crippen molar-refractivity contribution in [3.8, 4) is 22.9 Å². The molecule has 4 N–H and O–H groups in total. The van der Waals surface area contributed by atoms with Gasteiger partial charge in [0.15, 0.2) is 5.13 Å². The quantitative estimate of drug-likeness (QED) is 0.135. The van der Waals surface area contributed by atoms with Gasteiger partial charge in [-0.1, -0.05) is 38.4 Å². The van der Waals surface area contributed by atoms with Gasteiger partial charge in [0.25, 0.3) is 0 Å². The topological polar surface area (TPSA) is 181 Å². The lowest BCUT2D eigenvalue weighted by Crippen LogP contribution is -2.59. The predicted molar refractivity (Wildman–Crippen MR) is 217 cm³/mol. The van der Waals surface area contributed by atoms with Gasteiger partial charge in [-0.05, 0) is 75.3 Å². The molecule has 0 radical (unpaired) electrons. The zero-order chi connectivity index (χ0) is 41.0. The number of likely N-dealkylation sites (tertiary alicyclic amines) is 1. The molecule has 4 fully saturated rings. The first-order valence-electron chi connectivity index (χ1n) is 19.5. The van der Waals surface area contributed by atoms with E-state index >= 15 is 0 Å². The highest BCUT2D eigenvalue weighted by Gasteiger charge is 2.61. The standard InChI is InChI=1S/C41H51ClN6O8S/c1-8-23-17-41(23,37(51)52)47-35(49)28-15-24(18-48(28)36(50)34(40(4,5)6)46-39(53)56-33-21-9-10-22(33)12-11-21)55-30-16-26(27-19-57-38(45-27)43-20(2)3)44-32-25(30)13-14-29(54-7)31(32)42/h8,13-14,16,19-24,28,33-34H,1,9-12,15,17-18H2,2-7H3,(H,43,45)(H,46,53)(H,47,49)(H,51,52)/t21?,22?,23-,24-,28+,33?,34?,41-/m1/s1. The molecule has 14 nitrogen and oxygen atoms in total. The maximum atomic E-state index is 14.7. The molecule has 1 unspecified atom stereocenters. The lowest BCUT2D eigenvalue weighted by Gasteiger charge is -2.35. The number of nitrogens with one attached hydrogen (secondary N) is 3. The summed E-state index contributed by atoms with van der Waals surface area (Å²) >= 11 is 8.26. The number of aliphatic carboxylic acids is 1. The molecule has 0 spiro atoms. The first-order valence-corrected chi connectivity index (χ1v) is 20.8. The fourth-order valence-corrected chi connectivity index (χ4v) is 9.78. The van der Waals surface area contributed by atoms with Crippen molar-refractivity contribution in [1.29, 1.82) is 0 Å². The van der Waals surface area contributed by atoms with E-state index in [2.05, 4.69) is 22.5 Å². The number of alkyl carbamates (subject to hydrolysis) is 1. The SMILES string of the molecule is C=C[C@@H]1C[C@]1(NC(=O)[C@@H]1C[C@@H](Oc2cc(-c3csc(NC(C)C)n3)nc3c(Cl)c(OC)ccc23)CN1C(=O)C(NC(=O)OC1C2CCC1CC2)C(C)(C)C)C(=O)O. The van der Waals surface area contributed by atoms with Crippen LogP contribution in [0.25, 0.3) is 22.3 Å². The molecule has 3 saturated carbocycles. The van der Waals surface area contributed by atoms with E-state index in [0.717, 1.165) is 30.8 Å². The van der Waals surface area contributed by atoms with Crippen LogP contribution in [0, 0.1) is 23.2 Å². The van der Waals surface area contributed by atoms with Gasteiger partial charge >= 0.3 is 12.1 Å². The van der Waals surface area contributed by atoms with Gasteiger partial charge in [-0.25, -0.2) is 19.6 Å².